The predicted octanol–water partition coefficient (Wildman–Crippen LogP) is -1.23. The molecule has 120 valence electrons. The van der Waals surface area contributed by atoms with Crippen molar-refractivity contribution in [2.75, 3.05) is 5.32 Å². The first-order chi connectivity index (χ1) is 10.2. The van der Waals surface area contributed by atoms with Gasteiger partial charge in [0.05, 0.1) is 18.2 Å². The van der Waals surface area contributed by atoms with E-state index >= 15 is 0 Å². The Hall–Kier alpha value is -2.05. The molecule has 0 saturated carbocycles. The fourth-order valence-electron chi connectivity index (χ4n) is 2.00. The van der Waals surface area contributed by atoms with Crippen molar-refractivity contribution in [3.8, 4) is 0 Å². The number of amides is 3. The van der Waals surface area contributed by atoms with Crippen LogP contribution in [0, 0.1) is 0 Å². The molecule has 1 unspecified atom stereocenters. The summed E-state index contributed by atoms with van der Waals surface area (Å²) in [6.45, 7) is 1.38. The smallest absolute Gasteiger partial charge is 0.342 e. The van der Waals surface area contributed by atoms with Crippen LogP contribution in [0.1, 0.15) is 12.6 Å². The van der Waals surface area contributed by atoms with Crippen LogP contribution in [0.4, 0.5) is 5.13 Å². The van der Waals surface area contributed by atoms with E-state index in [2.05, 4.69) is 15.6 Å². The van der Waals surface area contributed by atoms with E-state index in [9.17, 15) is 22.8 Å². The Balaban J connectivity index is 1.93. The number of nitrogens with one attached hydrogen (secondary N) is 2. The molecule has 2 atom stereocenters. The summed E-state index contributed by atoms with van der Waals surface area (Å²) in [5, 5.41) is 6.63. The Bertz CT molecular complexity index is 715. The van der Waals surface area contributed by atoms with Crippen molar-refractivity contribution in [1.29, 1.82) is 0 Å². The summed E-state index contributed by atoms with van der Waals surface area (Å²) in [5.41, 5.74) is 0.401. The standard InChI is InChI=1S/C10H12N4O6S2/c1-5-8(9(17)14(5)22(18,19)20)13-7(16)2-6-3-21-10(12-6)11-4-15/h3-5,8H,2H2,1H3,(H,13,16)(H,11,12,15)(H,18,19,20)/t5?,8-/m0/s1. The number of carbonyl (C=O) groups is 3. The quantitative estimate of drug-likeness (QED) is 0.331. The van der Waals surface area contributed by atoms with Crippen molar-refractivity contribution in [2.24, 2.45) is 0 Å². The van der Waals surface area contributed by atoms with E-state index in [0.29, 0.717) is 21.5 Å². The molecule has 3 N–H and O–H groups in total. The number of carbonyl (C=O) groups excluding carboxylic acids is 3. The van der Waals surface area contributed by atoms with Crippen molar-refractivity contribution >= 4 is 45.0 Å². The highest BCUT2D eigenvalue weighted by molar-refractivity contribution is 7.84. The number of rotatable bonds is 6. The van der Waals surface area contributed by atoms with E-state index in [4.69, 9.17) is 4.55 Å². The van der Waals surface area contributed by atoms with Crippen LogP contribution in [0.3, 0.4) is 0 Å². The van der Waals surface area contributed by atoms with Crippen LogP contribution in [0.5, 0.6) is 0 Å². The summed E-state index contributed by atoms with van der Waals surface area (Å²) in [6.07, 6.45) is 0.334. The van der Waals surface area contributed by atoms with Crippen LogP contribution in [0.15, 0.2) is 5.38 Å². The van der Waals surface area contributed by atoms with Crippen molar-refractivity contribution < 1.29 is 27.4 Å². The molecule has 10 nitrogen and oxygen atoms in total. The fraction of sp³-hybridized carbons (Fsp3) is 0.400. The number of hydrogen-bond donors (Lipinski definition) is 3. The zero-order valence-electron chi connectivity index (χ0n) is 11.2. The molecular weight excluding hydrogens is 336 g/mol. The highest BCUT2D eigenvalue weighted by Gasteiger charge is 2.51. The van der Waals surface area contributed by atoms with Crippen molar-refractivity contribution in [2.45, 2.75) is 25.4 Å². The zero-order chi connectivity index (χ0) is 16.5. The molecule has 3 amide bonds. The lowest BCUT2D eigenvalue weighted by molar-refractivity contribution is -0.144. The number of hydrogen-bond acceptors (Lipinski definition) is 7. The molecule has 2 rings (SSSR count). The normalized spacial score (nSPS) is 21.2. The predicted molar refractivity (Wildman–Crippen MR) is 75.3 cm³/mol. The van der Waals surface area contributed by atoms with Gasteiger partial charge in [-0.2, -0.15) is 8.42 Å². The molecule has 0 aliphatic carbocycles. The second kappa shape index (κ2) is 5.98. The molecule has 0 bridgehead atoms. The maximum Gasteiger partial charge on any atom is 0.362 e. The van der Waals surface area contributed by atoms with Crippen LogP contribution < -0.4 is 10.6 Å². The number of nitrogens with zero attached hydrogens (tertiary/aromatic N) is 2. The molecule has 22 heavy (non-hydrogen) atoms. The van der Waals surface area contributed by atoms with Crippen molar-refractivity contribution in [3.05, 3.63) is 11.1 Å². The Kier molecular flexibility index (Phi) is 4.44. The second-order valence-corrected chi connectivity index (χ2v) is 6.63. The van der Waals surface area contributed by atoms with E-state index in [0.717, 1.165) is 11.3 Å². The molecule has 1 fully saturated rings. The van der Waals surface area contributed by atoms with E-state index in [-0.39, 0.29) is 6.42 Å². The Morgan fingerprint density at radius 2 is 2.27 bits per heavy atom. The maximum atomic E-state index is 11.8. The van der Waals surface area contributed by atoms with Crippen molar-refractivity contribution in [1.82, 2.24) is 14.6 Å². The number of thiazole rings is 1. The van der Waals surface area contributed by atoms with Crippen molar-refractivity contribution in [3.63, 3.8) is 0 Å². The number of anilines is 1. The third-order valence-electron chi connectivity index (χ3n) is 2.98. The van der Waals surface area contributed by atoms with Gasteiger partial charge in [0, 0.05) is 5.38 Å². The van der Waals surface area contributed by atoms with Gasteiger partial charge in [0.2, 0.25) is 12.3 Å². The minimum atomic E-state index is -4.61. The Morgan fingerprint density at radius 1 is 1.59 bits per heavy atom. The first kappa shape index (κ1) is 16.3. The van der Waals surface area contributed by atoms with Gasteiger partial charge in [0.15, 0.2) is 5.13 Å². The molecule has 12 heteroatoms. The number of β-lactam (4-membered cyclic amide) rings is 1. The van der Waals surface area contributed by atoms with Crippen LogP contribution >= 0.6 is 11.3 Å². The molecule has 1 aliphatic rings. The summed E-state index contributed by atoms with van der Waals surface area (Å²) in [6, 6.07) is -1.88. The average molecular weight is 348 g/mol. The summed E-state index contributed by atoms with van der Waals surface area (Å²) >= 11 is 1.14. The topological polar surface area (TPSA) is 146 Å². The third kappa shape index (κ3) is 3.23. The fourth-order valence-corrected chi connectivity index (χ4v) is 3.55. The van der Waals surface area contributed by atoms with E-state index in [1.165, 1.54) is 6.92 Å². The van der Waals surface area contributed by atoms with Gasteiger partial charge < -0.3 is 10.6 Å². The molecule has 0 spiro atoms. The molecule has 0 aromatic carbocycles. The minimum absolute atomic E-state index is 0.126. The van der Waals surface area contributed by atoms with Crippen LogP contribution in [0.2, 0.25) is 0 Å². The third-order valence-corrected chi connectivity index (χ3v) is 4.81. The number of aromatic nitrogens is 1. The van der Waals surface area contributed by atoms with Gasteiger partial charge in [0.1, 0.15) is 6.04 Å². The largest absolute Gasteiger partial charge is 0.362 e. The first-order valence-electron chi connectivity index (χ1n) is 5.98. The SMILES string of the molecule is CC1[C@H](NC(=O)Cc2csc(NC=O)n2)C(=O)N1S(=O)(=O)O. The Morgan fingerprint density at radius 3 is 2.82 bits per heavy atom. The molecular formula is C10H12N4O6S2. The molecule has 0 radical (unpaired) electrons. The van der Waals surface area contributed by atoms with Gasteiger partial charge in [-0.1, -0.05) is 0 Å². The first-order valence-corrected chi connectivity index (χ1v) is 8.26. The van der Waals surface area contributed by atoms with Gasteiger partial charge in [-0.05, 0) is 6.92 Å². The van der Waals surface area contributed by atoms with Gasteiger partial charge in [-0.15, -0.1) is 11.3 Å². The van der Waals surface area contributed by atoms with E-state index < -0.39 is 34.2 Å². The highest BCUT2D eigenvalue weighted by Crippen LogP contribution is 2.23. The van der Waals surface area contributed by atoms with E-state index in [1.807, 2.05) is 0 Å². The lowest BCUT2D eigenvalue weighted by Crippen LogP contribution is -2.70. The molecule has 1 aromatic heterocycles. The van der Waals surface area contributed by atoms with Gasteiger partial charge in [0.25, 0.3) is 5.91 Å². The lowest BCUT2D eigenvalue weighted by atomic mass is 10.0. The Labute approximate surface area is 129 Å². The molecule has 1 aromatic rings. The van der Waals surface area contributed by atoms with Crippen LogP contribution in [-0.2, 0) is 31.1 Å². The summed E-state index contributed by atoms with van der Waals surface area (Å²) < 4.78 is 31.0. The summed E-state index contributed by atoms with van der Waals surface area (Å²) in [4.78, 5) is 37.6. The zero-order valence-corrected chi connectivity index (χ0v) is 12.8. The van der Waals surface area contributed by atoms with Gasteiger partial charge in [-0.25, -0.2) is 9.29 Å². The van der Waals surface area contributed by atoms with Crippen LogP contribution in [0.25, 0.3) is 0 Å². The lowest BCUT2D eigenvalue weighted by Gasteiger charge is -2.42. The maximum absolute atomic E-state index is 11.8. The second-order valence-electron chi connectivity index (χ2n) is 4.48. The highest BCUT2D eigenvalue weighted by atomic mass is 32.2. The van der Waals surface area contributed by atoms with Gasteiger partial charge in [-0.3, -0.25) is 18.9 Å². The average Bonchev–Trinajstić information content (AvgIpc) is 2.82. The monoisotopic (exact) mass is 348 g/mol. The molecule has 2 heterocycles. The summed E-state index contributed by atoms with van der Waals surface area (Å²) in [7, 11) is -4.61. The molecule has 1 saturated heterocycles. The van der Waals surface area contributed by atoms with E-state index in [1.54, 1.807) is 5.38 Å². The van der Waals surface area contributed by atoms with Crippen LogP contribution in [-0.4, -0.2) is 52.6 Å². The summed E-state index contributed by atoms with van der Waals surface area (Å²) in [5.74, 6) is -1.42. The minimum Gasteiger partial charge on any atom is -0.342 e. The molecule has 1 aliphatic heterocycles. The van der Waals surface area contributed by atoms with Gasteiger partial charge >= 0.3 is 10.3 Å².